The molecule has 0 aliphatic heterocycles. The minimum Gasteiger partial charge on any atom is -0.314 e. The average molecular weight is 251 g/mol. The van der Waals surface area contributed by atoms with E-state index in [-0.39, 0.29) is 5.82 Å². The van der Waals surface area contributed by atoms with Crippen LogP contribution in [0.25, 0.3) is 0 Å². The summed E-state index contributed by atoms with van der Waals surface area (Å²) in [6, 6.07) is 7.53. The van der Waals surface area contributed by atoms with Gasteiger partial charge >= 0.3 is 0 Å². The molecule has 0 fully saturated rings. The van der Waals surface area contributed by atoms with E-state index in [0.717, 1.165) is 31.4 Å². The molecule has 0 aromatic heterocycles. The molecule has 2 heteroatoms. The highest BCUT2D eigenvalue weighted by Crippen LogP contribution is 2.13. The molecule has 1 aromatic rings. The molecule has 1 rings (SSSR count). The highest BCUT2D eigenvalue weighted by Gasteiger charge is 2.11. The number of benzene rings is 1. The fourth-order valence-electron chi connectivity index (χ4n) is 2.22. The first kappa shape index (κ1) is 15.2. The maximum Gasteiger partial charge on any atom is 0.123 e. The predicted octanol–water partition coefficient (Wildman–Crippen LogP) is 4.17. The summed E-state index contributed by atoms with van der Waals surface area (Å²) < 4.78 is 13.0. The Balaban J connectivity index is 2.34. The maximum atomic E-state index is 13.0. The molecule has 0 spiro atoms. The fraction of sp³-hybridized carbons (Fsp3) is 0.625. The Bertz CT molecular complexity index is 336. The lowest BCUT2D eigenvalue weighted by molar-refractivity contribution is 0.370. The van der Waals surface area contributed by atoms with Crippen molar-refractivity contribution in [2.75, 3.05) is 6.54 Å². The minimum absolute atomic E-state index is 0.128. The van der Waals surface area contributed by atoms with E-state index >= 15 is 0 Å². The summed E-state index contributed by atoms with van der Waals surface area (Å²) in [4.78, 5) is 0. The molecule has 0 bridgehead atoms. The zero-order valence-electron chi connectivity index (χ0n) is 11.9. The van der Waals surface area contributed by atoms with Crippen LogP contribution in [-0.2, 0) is 6.42 Å². The molecule has 18 heavy (non-hydrogen) atoms. The molecule has 1 atom stereocenters. The average Bonchev–Trinajstić information content (AvgIpc) is 2.33. The summed E-state index contributed by atoms with van der Waals surface area (Å²) in [6.07, 6.45) is 4.42. The van der Waals surface area contributed by atoms with Crippen molar-refractivity contribution in [1.82, 2.24) is 5.32 Å². The first-order valence-corrected chi connectivity index (χ1v) is 7.11. The van der Waals surface area contributed by atoms with Crippen LogP contribution in [0.1, 0.15) is 45.6 Å². The second-order valence-corrected chi connectivity index (χ2v) is 5.33. The van der Waals surface area contributed by atoms with E-state index in [1.54, 1.807) is 12.1 Å². The molecule has 1 nitrogen and oxygen atoms in total. The second-order valence-electron chi connectivity index (χ2n) is 5.33. The number of nitrogens with one attached hydrogen (secondary N) is 1. The number of hydrogen-bond acceptors (Lipinski definition) is 1. The van der Waals surface area contributed by atoms with E-state index in [4.69, 9.17) is 0 Å². The summed E-state index contributed by atoms with van der Waals surface area (Å²) in [7, 11) is 0. The standard InChI is InChI=1S/C16H26FN/c1-4-11-18-16(13(2)3)10-6-8-14-7-5-9-15(17)12-14/h5,7,9,12-13,16,18H,4,6,8,10-11H2,1-3H3. The maximum absolute atomic E-state index is 13.0. The van der Waals surface area contributed by atoms with Crippen molar-refractivity contribution < 1.29 is 4.39 Å². The van der Waals surface area contributed by atoms with Gasteiger partial charge < -0.3 is 5.32 Å². The minimum atomic E-state index is -0.128. The van der Waals surface area contributed by atoms with Crippen LogP contribution in [0, 0.1) is 11.7 Å². The van der Waals surface area contributed by atoms with Crippen molar-refractivity contribution in [3.8, 4) is 0 Å². The molecule has 0 aliphatic rings. The molecule has 0 aliphatic carbocycles. The molecule has 0 radical (unpaired) electrons. The Labute approximate surface area is 111 Å². The first-order valence-electron chi connectivity index (χ1n) is 7.11. The Morgan fingerprint density at radius 3 is 2.67 bits per heavy atom. The number of halogens is 1. The van der Waals surface area contributed by atoms with Gasteiger partial charge in [0.05, 0.1) is 0 Å². The van der Waals surface area contributed by atoms with Gasteiger partial charge in [0, 0.05) is 6.04 Å². The third kappa shape index (κ3) is 5.63. The van der Waals surface area contributed by atoms with Crippen LogP contribution in [0.5, 0.6) is 0 Å². The summed E-state index contributed by atoms with van der Waals surface area (Å²) in [5, 5.41) is 3.59. The lowest BCUT2D eigenvalue weighted by Crippen LogP contribution is -2.34. The van der Waals surface area contributed by atoms with Gasteiger partial charge in [-0.2, -0.15) is 0 Å². The quantitative estimate of drug-likeness (QED) is 0.731. The van der Waals surface area contributed by atoms with Gasteiger partial charge in [0.25, 0.3) is 0 Å². The summed E-state index contributed by atoms with van der Waals surface area (Å²) >= 11 is 0. The molecule has 102 valence electrons. The zero-order valence-corrected chi connectivity index (χ0v) is 11.9. The molecule has 1 aromatic carbocycles. The smallest absolute Gasteiger partial charge is 0.123 e. The third-order valence-electron chi connectivity index (χ3n) is 3.33. The Hall–Kier alpha value is -0.890. The van der Waals surface area contributed by atoms with E-state index < -0.39 is 0 Å². The highest BCUT2D eigenvalue weighted by molar-refractivity contribution is 5.16. The largest absolute Gasteiger partial charge is 0.314 e. The molecule has 1 N–H and O–H groups in total. The lowest BCUT2D eigenvalue weighted by Gasteiger charge is -2.22. The molecular weight excluding hydrogens is 225 g/mol. The van der Waals surface area contributed by atoms with Crippen LogP contribution >= 0.6 is 0 Å². The van der Waals surface area contributed by atoms with Gasteiger partial charge in [-0.1, -0.05) is 32.9 Å². The van der Waals surface area contributed by atoms with Crippen LogP contribution in [0.4, 0.5) is 4.39 Å². The van der Waals surface area contributed by atoms with E-state index in [2.05, 4.69) is 26.1 Å². The molecule has 0 saturated carbocycles. The van der Waals surface area contributed by atoms with Gasteiger partial charge in [0.15, 0.2) is 0 Å². The Morgan fingerprint density at radius 1 is 1.28 bits per heavy atom. The van der Waals surface area contributed by atoms with E-state index in [0.29, 0.717) is 12.0 Å². The molecule has 1 unspecified atom stereocenters. The van der Waals surface area contributed by atoms with Crippen LogP contribution in [0.3, 0.4) is 0 Å². The lowest BCUT2D eigenvalue weighted by atomic mass is 9.96. The van der Waals surface area contributed by atoms with Gasteiger partial charge in [-0.3, -0.25) is 0 Å². The van der Waals surface area contributed by atoms with Gasteiger partial charge in [-0.25, -0.2) is 4.39 Å². The van der Waals surface area contributed by atoms with Crippen LogP contribution in [-0.4, -0.2) is 12.6 Å². The van der Waals surface area contributed by atoms with Crippen molar-refractivity contribution in [3.63, 3.8) is 0 Å². The predicted molar refractivity (Wildman–Crippen MR) is 76.3 cm³/mol. The number of hydrogen-bond donors (Lipinski definition) is 1. The monoisotopic (exact) mass is 251 g/mol. The van der Waals surface area contributed by atoms with Crippen molar-refractivity contribution in [2.24, 2.45) is 5.92 Å². The van der Waals surface area contributed by atoms with Gasteiger partial charge in [0.2, 0.25) is 0 Å². The molecule has 0 amide bonds. The molecule has 0 saturated heterocycles. The van der Waals surface area contributed by atoms with Gasteiger partial charge in [-0.15, -0.1) is 0 Å². The van der Waals surface area contributed by atoms with Crippen LogP contribution in [0.2, 0.25) is 0 Å². The molecule has 0 heterocycles. The summed E-state index contributed by atoms with van der Waals surface area (Å²) in [5.41, 5.74) is 1.10. The van der Waals surface area contributed by atoms with E-state index in [9.17, 15) is 4.39 Å². The topological polar surface area (TPSA) is 12.0 Å². The highest BCUT2D eigenvalue weighted by atomic mass is 19.1. The molecular formula is C16H26FN. The number of aryl methyl sites for hydroxylation is 1. The van der Waals surface area contributed by atoms with Crippen LogP contribution < -0.4 is 5.32 Å². The Kier molecular flexibility index (Phi) is 6.96. The zero-order chi connectivity index (χ0) is 13.4. The van der Waals surface area contributed by atoms with Gasteiger partial charge in [0.1, 0.15) is 5.82 Å². The number of rotatable bonds is 8. The van der Waals surface area contributed by atoms with E-state index in [1.807, 2.05) is 6.07 Å². The van der Waals surface area contributed by atoms with Crippen molar-refractivity contribution in [3.05, 3.63) is 35.6 Å². The van der Waals surface area contributed by atoms with E-state index in [1.165, 1.54) is 12.5 Å². The normalized spacial score (nSPS) is 12.9. The van der Waals surface area contributed by atoms with Crippen molar-refractivity contribution in [2.45, 2.75) is 52.5 Å². The summed E-state index contributed by atoms with van der Waals surface area (Å²) in [6.45, 7) is 7.80. The third-order valence-corrected chi connectivity index (χ3v) is 3.33. The fourth-order valence-corrected chi connectivity index (χ4v) is 2.22. The summed E-state index contributed by atoms with van der Waals surface area (Å²) in [5.74, 6) is 0.529. The van der Waals surface area contributed by atoms with Crippen LogP contribution in [0.15, 0.2) is 24.3 Å². The van der Waals surface area contributed by atoms with Crippen molar-refractivity contribution >= 4 is 0 Å². The first-order chi connectivity index (χ1) is 8.63. The Morgan fingerprint density at radius 2 is 2.06 bits per heavy atom. The van der Waals surface area contributed by atoms with Gasteiger partial charge in [-0.05, 0) is 55.8 Å². The SMILES string of the molecule is CCCNC(CCCc1cccc(F)c1)C(C)C. The second kappa shape index (κ2) is 8.25. The van der Waals surface area contributed by atoms with Crippen molar-refractivity contribution in [1.29, 1.82) is 0 Å².